The molecule has 0 spiro atoms. The van der Waals surface area contributed by atoms with E-state index in [0.717, 1.165) is 12.1 Å². The van der Waals surface area contributed by atoms with E-state index in [4.69, 9.17) is 27.6 Å². The molecular formula is C17H9Cl2F3N6O. The highest BCUT2D eigenvalue weighted by molar-refractivity contribution is 6.34. The zero-order valence-corrected chi connectivity index (χ0v) is 16.0. The number of aromatic nitrogens is 5. The second-order valence-electron chi connectivity index (χ2n) is 5.83. The van der Waals surface area contributed by atoms with Crippen LogP contribution in [0.25, 0.3) is 16.9 Å². The Balaban J connectivity index is 1.74. The molecule has 3 heterocycles. The molecule has 0 saturated heterocycles. The molecule has 7 nitrogen and oxygen atoms in total. The number of nitrogens with zero attached hydrogens (tertiary/aromatic N) is 6. The van der Waals surface area contributed by atoms with Gasteiger partial charge in [0, 0.05) is 6.20 Å². The summed E-state index contributed by atoms with van der Waals surface area (Å²) in [5.74, 6) is 0.788. The number of hydrogen-bond donors (Lipinski definition) is 0. The molecule has 0 fully saturated rings. The summed E-state index contributed by atoms with van der Waals surface area (Å²) in [5, 5.41) is 4.34. The summed E-state index contributed by atoms with van der Waals surface area (Å²) < 4.78 is 45.7. The van der Waals surface area contributed by atoms with Crippen molar-refractivity contribution in [3.05, 3.63) is 58.2 Å². The highest BCUT2D eigenvalue weighted by atomic mass is 35.5. The summed E-state index contributed by atoms with van der Waals surface area (Å²) in [6, 6.07) is 4.74. The van der Waals surface area contributed by atoms with Gasteiger partial charge in [-0.3, -0.25) is 0 Å². The van der Waals surface area contributed by atoms with Crippen molar-refractivity contribution in [3.8, 4) is 5.82 Å². The van der Waals surface area contributed by atoms with Crippen LogP contribution in [0.5, 0.6) is 0 Å². The zero-order chi connectivity index (χ0) is 20.8. The number of fused-ring (bicyclic) bond motifs is 1. The lowest BCUT2D eigenvalue weighted by atomic mass is 10.2. The first-order valence-corrected chi connectivity index (χ1v) is 8.73. The third kappa shape index (κ3) is 3.81. The molecule has 0 N–H and O–H groups in total. The standard InChI is InChI=1S/C17H9Cl2F3N6O/c1-8(15-24-7-25-28(15)13-3-2-10(18)6-23-13)26-16-27-12-5-9(17(20,21)22)4-11(19)14(12)29-16/h2-7H,1H3. The molecule has 4 aromatic rings. The first kappa shape index (κ1) is 19.3. The number of pyridine rings is 1. The molecule has 0 atom stereocenters. The lowest BCUT2D eigenvalue weighted by molar-refractivity contribution is -0.137. The Morgan fingerprint density at radius 2 is 1.97 bits per heavy atom. The molecule has 0 saturated carbocycles. The number of aliphatic imine (C=N–C) groups is 1. The van der Waals surface area contributed by atoms with Crippen LogP contribution in [0, 0.1) is 0 Å². The van der Waals surface area contributed by atoms with Crippen molar-refractivity contribution in [2.24, 2.45) is 4.99 Å². The second-order valence-corrected chi connectivity index (χ2v) is 6.67. The van der Waals surface area contributed by atoms with Crippen molar-refractivity contribution in [2.45, 2.75) is 13.1 Å². The average Bonchev–Trinajstić information content (AvgIpc) is 3.28. The van der Waals surface area contributed by atoms with Gasteiger partial charge in [0.25, 0.3) is 0 Å². The van der Waals surface area contributed by atoms with Crippen molar-refractivity contribution in [1.29, 1.82) is 0 Å². The van der Waals surface area contributed by atoms with E-state index in [-0.39, 0.29) is 22.1 Å². The minimum atomic E-state index is -4.56. The highest BCUT2D eigenvalue weighted by Crippen LogP contribution is 2.36. The van der Waals surface area contributed by atoms with Crippen molar-refractivity contribution in [3.63, 3.8) is 0 Å². The van der Waals surface area contributed by atoms with Gasteiger partial charge in [-0.25, -0.2) is 9.97 Å². The number of halogens is 5. The number of alkyl halides is 3. The van der Waals surface area contributed by atoms with Gasteiger partial charge < -0.3 is 4.42 Å². The van der Waals surface area contributed by atoms with E-state index in [0.29, 0.717) is 22.4 Å². The lowest BCUT2D eigenvalue weighted by Gasteiger charge is -2.05. The average molecular weight is 441 g/mol. The molecule has 3 aromatic heterocycles. The fourth-order valence-corrected chi connectivity index (χ4v) is 2.90. The van der Waals surface area contributed by atoms with E-state index in [2.05, 4.69) is 25.0 Å². The Hall–Kier alpha value is -2.98. The van der Waals surface area contributed by atoms with Crippen LogP contribution in [0.1, 0.15) is 18.3 Å². The van der Waals surface area contributed by atoms with Crippen LogP contribution in [-0.4, -0.2) is 30.4 Å². The molecule has 0 aliphatic carbocycles. The fourth-order valence-electron chi connectivity index (χ4n) is 2.53. The van der Waals surface area contributed by atoms with E-state index < -0.39 is 11.7 Å². The quantitative estimate of drug-likeness (QED) is 0.405. The number of benzene rings is 1. The molecule has 0 aliphatic rings. The zero-order valence-electron chi connectivity index (χ0n) is 14.4. The summed E-state index contributed by atoms with van der Waals surface area (Å²) in [5.41, 5.74) is -0.633. The molecule has 4 rings (SSSR count). The Morgan fingerprint density at radius 1 is 1.17 bits per heavy atom. The minimum absolute atomic E-state index is 0.00653. The van der Waals surface area contributed by atoms with Crippen LogP contribution in [-0.2, 0) is 6.18 Å². The van der Waals surface area contributed by atoms with Crippen molar-refractivity contribution >= 4 is 46.0 Å². The first-order chi connectivity index (χ1) is 13.7. The van der Waals surface area contributed by atoms with Gasteiger partial charge in [0.05, 0.1) is 21.3 Å². The smallest absolute Gasteiger partial charge is 0.416 e. The van der Waals surface area contributed by atoms with E-state index >= 15 is 0 Å². The number of oxazole rings is 1. The highest BCUT2D eigenvalue weighted by Gasteiger charge is 2.32. The van der Waals surface area contributed by atoms with Crippen LogP contribution in [0.3, 0.4) is 0 Å². The molecule has 1 aromatic carbocycles. The Labute approximate surface area is 170 Å². The molecule has 12 heteroatoms. The lowest BCUT2D eigenvalue weighted by Crippen LogP contribution is -2.09. The maximum atomic E-state index is 13.0. The van der Waals surface area contributed by atoms with Gasteiger partial charge in [-0.1, -0.05) is 23.2 Å². The largest absolute Gasteiger partial charge is 0.420 e. The molecule has 0 bridgehead atoms. The molecule has 29 heavy (non-hydrogen) atoms. The van der Waals surface area contributed by atoms with Gasteiger partial charge in [-0.15, -0.1) is 0 Å². The van der Waals surface area contributed by atoms with E-state index in [1.165, 1.54) is 17.2 Å². The van der Waals surface area contributed by atoms with Crippen LogP contribution in [0.4, 0.5) is 19.2 Å². The maximum absolute atomic E-state index is 13.0. The predicted octanol–water partition coefficient (Wildman–Crippen LogP) is 5.27. The topological polar surface area (TPSA) is 82.0 Å². The Morgan fingerprint density at radius 3 is 2.66 bits per heavy atom. The third-order valence-corrected chi connectivity index (χ3v) is 4.33. The van der Waals surface area contributed by atoms with E-state index in [1.807, 2.05) is 0 Å². The molecule has 0 unspecified atom stereocenters. The first-order valence-electron chi connectivity index (χ1n) is 7.97. The van der Waals surface area contributed by atoms with Crippen molar-refractivity contribution < 1.29 is 17.6 Å². The van der Waals surface area contributed by atoms with Gasteiger partial charge in [-0.2, -0.15) is 32.9 Å². The van der Waals surface area contributed by atoms with Crippen LogP contribution >= 0.6 is 23.2 Å². The minimum Gasteiger partial charge on any atom is -0.420 e. The molecule has 0 radical (unpaired) electrons. The molecule has 0 amide bonds. The Bertz CT molecular complexity index is 1230. The normalized spacial score (nSPS) is 12.7. The van der Waals surface area contributed by atoms with Gasteiger partial charge in [-0.05, 0) is 31.2 Å². The van der Waals surface area contributed by atoms with Crippen LogP contribution in [0.15, 0.2) is 46.2 Å². The van der Waals surface area contributed by atoms with Crippen LogP contribution in [0.2, 0.25) is 10.0 Å². The van der Waals surface area contributed by atoms with E-state index in [9.17, 15) is 13.2 Å². The molecule has 0 aliphatic heterocycles. The number of rotatable bonds is 3. The SMILES string of the molecule is CC(=Nc1nc2cc(C(F)(F)F)cc(Cl)c2o1)c1ncnn1-c1ccc(Cl)cn1. The summed E-state index contributed by atoms with van der Waals surface area (Å²) in [7, 11) is 0. The maximum Gasteiger partial charge on any atom is 0.416 e. The monoisotopic (exact) mass is 440 g/mol. The summed E-state index contributed by atoms with van der Waals surface area (Å²) in [4.78, 5) is 16.5. The van der Waals surface area contributed by atoms with Gasteiger partial charge in [0.15, 0.2) is 17.2 Å². The third-order valence-electron chi connectivity index (χ3n) is 3.82. The molecular weight excluding hydrogens is 432 g/mol. The second kappa shape index (κ2) is 7.12. The van der Waals surface area contributed by atoms with E-state index in [1.54, 1.807) is 19.1 Å². The summed E-state index contributed by atoms with van der Waals surface area (Å²) in [6.07, 6.45) is -1.79. The van der Waals surface area contributed by atoms with Crippen LogP contribution < -0.4 is 0 Å². The number of hydrogen-bond acceptors (Lipinski definition) is 6. The summed E-state index contributed by atoms with van der Waals surface area (Å²) >= 11 is 11.7. The fraction of sp³-hybridized carbons (Fsp3) is 0.118. The van der Waals surface area contributed by atoms with Gasteiger partial charge >= 0.3 is 12.2 Å². The van der Waals surface area contributed by atoms with Gasteiger partial charge in [0.1, 0.15) is 11.8 Å². The Kier molecular flexibility index (Phi) is 4.75. The van der Waals surface area contributed by atoms with Gasteiger partial charge in [0.2, 0.25) is 0 Å². The van der Waals surface area contributed by atoms with Crippen molar-refractivity contribution in [2.75, 3.05) is 0 Å². The predicted molar refractivity (Wildman–Crippen MR) is 100 cm³/mol. The van der Waals surface area contributed by atoms with Crippen molar-refractivity contribution in [1.82, 2.24) is 24.7 Å². The molecule has 148 valence electrons. The summed E-state index contributed by atoms with van der Waals surface area (Å²) in [6.45, 7) is 1.62.